The number of hydrogen-bond acceptors (Lipinski definition) is 2. The monoisotopic (exact) mass is 261 g/mol. The number of nitrogens with zero attached hydrogens (tertiary/aromatic N) is 2. The van der Waals surface area contributed by atoms with Gasteiger partial charge in [0, 0.05) is 6.04 Å². The van der Waals surface area contributed by atoms with Gasteiger partial charge in [-0.15, -0.1) is 0 Å². The average Bonchev–Trinajstić information content (AvgIpc) is 3.23. The molecule has 1 aromatic carbocycles. The smallest absolute Gasteiger partial charge is 0.201 e. The number of nitrogens with two attached hydrogens (primary N) is 1. The largest absolute Gasteiger partial charge is 0.369 e. The minimum Gasteiger partial charge on any atom is -0.369 e. The van der Waals surface area contributed by atoms with Gasteiger partial charge in [-0.1, -0.05) is 17.7 Å². The number of benzene rings is 1. The SMILES string of the molecule is Nc1nc2c(Cl)cccc2n1C(C1CC1)C1CC1. The third-order valence-corrected chi connectivity index (χ3v) is 4.51. The highest BCUT2D eigenvalue weighted by molar-refractivity contribution is 6.35. The van der Waals surface area contributed by atoms with Crippen LogP contribution < -0.4 is 5.73 Å². The Labute approximate surface area is 111 Å². The molecule has 18 heavy (non-hydrogen) atoms. The molecular formula is C14H16ClN3. The van der Waals surface area contributed by atoms with Gasteiger partial charge >= 0.3 is 0 Å². The predicted octanol–water partition coefficient (Wildman–Crippen LogP) is 3.63. The summed E-state index contributed by atoms with van der Waals surface area (Å²) in [4.78, 5) is 4.46. The third-order valence-electron chi connectivity index (χ3n) is 4.21. The second-order valence-electron chi connectivity index (χ2n) is 5.61. The first kappa shape index (κ1) is 10.7. The molecule has 1 heterocycles. The first-order chi connectivity index (χ1) is 8.75. The van der Waals surface area contributed by atoms with E-state index in [1.165, 1.54) is 25.7 Å². The summed E-state index contributed by atoms with van der Waals surface area (Å²) in [6.07, 6.45) is 5.34. The molecule has 2 N–H and O–H groups in total. The second kappa shape index (κ2) is 3.64. The molecule has 0 radical (unpaired) electrons. The van der Waals surface area contributed by atoms with Crippen molar-refractivity contribution in [2.75, 3.05) is 5.73 Å². The summed E-state index contributed by atoms with van der Waals surface area (Å²) in [5, 5.41) is 0.697. The van der Waals surface area contributed by atoms with Crippen LogP contribution in [0, 0.1) is 11.8 Å². The Hall–Kier alpha value is -1.22. The van der Waals surface area contributed by atoms with Crippen molar-refractivity contribution >= 4 is 28.6 Å². The second-order valence-corrected chi connectivity index (χ2v) is 6.02. The van der Waals surface area contributed by atoms with Gasteiger partial charge in [0.25, 0.3) is 0 Å². The van der Waals surface area contributed by atoms with E-state index in [2.05, 4.69) is 15.6 Å². The minimum atomic E-state index is 0.550. The van der Waals surface area contributed by atoms with Crippen LogP contribution in [0.3, 0.4) is 0 Å². The molecule has 3 nitrogen and oxygen atoms in total. The summed E-state index contributed by atoms with van der Waals surface area (Å²) in [5.74, 6) is 2.23. The number of rotatable bonds is 3. The Kier molecular flexibility index (Phi) is 2.16. The van der Waals surface area contributed by atoms with Gasteiger partial charge in [-0.2, -0.15) is 0 Å². The quantitative estimate of drug-likeness (QED) is 0.917. The number of fused-ring (bicyclic) bond motifs is 1. The lowest BCUT2D eigenvalue weighted by Crippen LogP contribution is -2.15. The molecule has 4 rings (SSSR count). The van der Waals surface area contributed by atoms with Crippen molar-refractivity contribution in [1.82, 2.24) is 9.55 Å². The molecule has 0 spiro atoms. The molecule has 0 aliphatic heterocycles. The Balaban J connectivity index is 1.92. The van der Waals surface area contributed by atoms with E-state index in [9.17, 15) is 0 Å². The first-order valence-electron chi connectivity index (χ1n) is 6.67. The predicted molar refractivity (Wildman–Crippen MR) is 73.6 cm³/mol. The van der Waals surface area contributed by atoms with Gasteiger partial charge in [0.15, 0.2) is 0 Å². The van der Waals surface area contributed by atoms with E-state index in [4.69, 9.17) is 17.3 Å². The third kappa shape index (κ3) is 1.53. The summed E-state index contributed by atoms with van der Waals surface area (Å²) in [6, 6.07) is 6.50. The van der Waals surface area contributed by atoms with Crippen molar-refractivity contribution in [2.24, 2.45) is 11.8 Å². The van der Waals surface area contributed by atoms with E-state index in [0.29, 0.717) is 17.0 Å². The number of nitrogen functional groups attached to an aromatic ring is 1. The molecule has 0 atom stereocenters. The van der Waals surface area contributed by atoms with Gasteiger partial charge in [-0.3, -0.25) is 0 Å². The molecule has 2 aliphatic carbocycles. The van der Waals surface area contributed by atoms with Crippen LogP contribution in [0.4, 0.5) is 5.95 Å². The lowest BCUT2D eigenvalue weighted by Gasteiger charge is -2.19. The number of imidazole rings is 1. The fourth-order valence-electron chi connectivity index (χ4n) is 3.10. The molecule has 1 aromatic heterocycles. The zero-order valence-corrected chi connectivity index (χ0v) is 10.9. The van der Waals surface area contributed by atoms with Crippen LogP contribution in [0.5, 0.6) is 0 Å². The van der Waals surface area contributed by atoms with Gasteiger partial charge in [0.2, 0.25) is 5.95 Å². The zero-order valence-electron chi connectivity index (χ0n) is 10.1. The number of halogens is 1. The lowest BCUT2D eigenvalue weighted by atomic mass is 10.1. The molecule has 94 valence electrons. The Morgan fingerprint density at radius 1 is 1.22 bits per heavy atom. The molecule has 0 bridgehead atoms. The number of aromatic nitrogens is 2. The molecule has 4 heteroatoms. The Bertz CT molecular complexity index is 599. The van der Waals surface area contributed by atoms with Gasteiger partial charge in [0.05, 0.1) is 10.5 Å². The summed E-state index contributed by atoms with van der Waals surface area (Å²) >= 11 is 6.21. The summed E-state index contributed by atoms with van der Waals surface area (Å²) < 4.78 is 2.25. The highest BCUT2D eigenvalue weighted by Gasteiger charge is 2.43. The van der Waals surface area contributed by atoms with Gasteiger partial charge < -0.3 is 10.3 Å². The normalized spacial score (nSPS) is 19.9. The number of hydrogen-bond donors (Lipinski definition) is 1. The van der Waals surface area contributed by atoms with Crippen molar-refractivity contribution in [1.29, 1.82) is 0 Å². The van der Waals surface area contributed by atoms with E-state index < -0.39 is 0 Å². The van der Waals surface area contributed by atoms with Crippen molar-refractivity contribution in [3.8, 4) is 0 Å². The molecule has 2 aliphatic rings. The fraction of sp³-hybridized carbons (Fsp3) is 0.500. The minimum absolute atomic E-state index is 0.550. The van der Waals surface area contributed by atoms with Gasteiger partial charge in [-0.05, 0) is 49.7 Å². The van der Waals surface area contributed by atoms with Crippen LogP contribution in [-0.4, -0.2) is 9.55 Å². The van der Waals surface area contributed by atoms with Crippen molar-refractivity contribution in [3.63, 3.8) is 0 Å². The Morgan fingerprint density at radius 3 is 2.50 bits per heavy atom. The first-order valence-corrected chi connectivity index (χ1v) is 7.05. The topological polar surface area (TPSA) is 43.8 Å². The fourth-order valence-corrected chi connectivity index (χ4v) is 3.31. The Morgan fingerprint density at radius 2 is 1.89 bits per heavy atom. The van der Waals surface area contributed by atoms with Crippen LogP contribution in [0.2, 0.25) is 5.02 Å². The van der Waals surface area contributed by atoms with Crippen molar-refractivity contribution in [3.05, 3.63) is 23.2 Å². The van der Waals surface area contributed by atoms with Crippen molar-refractivity contribution < 1.29 is 0 Å². The van der Waals surface area contributed by atoms with Crippen LogP contribution in [-0.2, 0) is 0 Å². The van der Waals surface area contributed by atoms with E-state index in [0.717, 1.165) is 22.9 Å². The summed E-state index contributed by atoms with van der Waals surface area (Å²) in [7, 11) is 0. The van der Waals surface area contributed by atoms with Gasteiger partial charge in [-0.25, -0.2) is 4.98 Å². The lowest BCUT2D eigenvalue weighted by molar-refractivity contribution is 0.409. The number of para-hydroxylation sites is 1. The van der Waals surface area contributed by atoms with Crippen LogP contribution >= 0.6 is 11.6 Å². The van der Waals surface area contributed by atoms with Crippen molar-refractivity contribution in [2.45, 2.75) is 31.7 Å². The number of anilines is 1. The van der Waals surface area contributed by atoms with Crippen LogP contribution in [0.25, 0.3) is 11.0 Å². The highest BCUT2D eigenvalue weighted by atomic mass is 35.5. The molecular weight excluding hydrogens is 246 g/mol. The molecule has 0 amide bonds. The molecule has 2 saturated carbocycles. The summed E-state index contributed by atoms with van der Waals surface area (Å²) in [5.41, 5.74) is 8.10. The summed E-state index contributed by atoms with van der Waals surface area (Å²) in [6.45, 7) is 0. The van der Waals surface area contributed by atoms with E-state index in [1.807, 2.05) is 12.1 Å². The molecule has 0 unspecified atom stereocenters. The standard InChI is InChI=1S/C14H16ClN3/c15-10-2-1-3-11-12(10)17-14(16)18(11)13(8-4-5-8)9-6-7-9/h1-3,8-9,13H,4-7H2,(H2,16,17). The maximum atomic E-state index is 6.21. The van der Waals surface area contributed by atoms with E-state index >= 15 is 0 Å². The molecule has 2 aromatic rings. The van der Waals surface area contributed by atoms with Gasteiger partial charge in [0.1, 0.15) is 5.52 Å². The highest BCUT2D eigenvalue weighted by Crippen LogP contribution is 2.53. The molecule has 2 fully saturated rings. The molecule has 0 saturated heterocycles. The maximum Gasteiger partial charge on any atom is 0.201 e. The van der Waals surface area contributed by atoms with E-state index in [-0.39, 0.29) is 0 Å². The van der Waals surface area contributed by atoms with Crippen LogP contribution in [0.1, 0.15) is 31.7 Å². The average molecular weight is 262 g/mol. The maximum absolute atomic E-state index is 6.21. The van der Waals surface area contributed by atoms with E-state index in [1.54, 1.807) is 0 Å². The van der Waals surface area contributed by atoms with Crippen LogP contribution in [0.15, 0.2) is 18.2 Å². The zero-order chi connectivity index (χ0) is 12.3.